The molecular formula is C20H31Cl2N3O. The average molecular weight is 400 g/mol. The molecule has 1 aliphatic carbocycles. The van der Waals surface area contributed by atoms with Crippen molar-refractivity contribution in [1.82, 2.24) is 15.5 Å². The van der Waals surface area contributed by atoms with Gasteiger partial charge in [-0.2, -0.15) is 0 Å². The summed E-state index contributed by atoms with van der Waals surface area (Å²) in [6, 6.07) is 11.0. The Hall–Kier alpha value is -0.810. The first kappa shape index (κ1) is 21.5. The normalized spacial score (nSPS) is 27.1. The van der Waals surface area contributed by atoms with Gasteiger partial charge in [0.25, 0.3) is 0 Å². The molecule has 2 heterocycles. The number of piperidine rings is 2. The van der Waals surface area contributed by atoms with Gasteiger partial charge in [0.1, 0.15) is 0 Å². The molecule has 26 heavy (non-hydrogen) atoms. The van der Waals surface area contributed by atoms with Gasteiger partial charge in [-0.1, -0.05) is 30.3 Å². The van der Waals surface area contributed by atoms with Gasteiger partial charge in [-0.05, 0) is 62.7 Å². The number of carbonyl (C=O) groups excluding carboxylic acids is 1. The molecule has 2 atom stereocenters. The van der Waals surface area contributed by atoms with E-state index in [9.17, 15) is 4.79 Å². The van der Waals surface area contributed by atoms with Crippen molar-refractivity contribution in [3.8, 4) is 0 Å². The molecular weight excluding hydrogens is 369 g/mol. The van der Waals surface area contributed by atoms with E-state index < -0.39 is 0 Å². The second kappa shape index (κ2) is 9.41. The molecule has 1 amide bonds. The fraction of sp³-hybridized carbons (Fsp3) is 0.650. The van der Waals surface area contributed by atoms with Crippen molar-refractivity contribution in [3.63, 3.8) is 0 Å². The molecule has 2 unspecified atom stereocenters. The topological polar surface area (TPSA) is 44.4 Å². The van der Waals surface area contributed by atoms with Gasteiger partial charge in [0, 0.05) is 25.0 Å². The zero-order valence-electron chi connectivity index (χ0n) is 15.3. The van der Waals surface area contributed by atoms with E-state index in [2.05, 4.69) is 45.9 Å². The quantitative estimate of drug-likeness (QED) is 0.817. The molecule has 1 aromatic rings. The SMILES string of the molecule is Cl.Cl.O=C(NC1CCCN(Cc2ccccc2)C1)C1CC12CCNCC2. The zero-order valence-corrected chi connectivity index (χ0v) is 16.9. The summed E-state index contributed by atoms with van der Waals surface area (Å²) >= 11 is 0. The lowest BCUT2D eigenvalue weighted by Crippen LogP contribution is -2.48. The van der Waals surface area contributed by atoms with Crippen LogP contribution in [0.5, 0.6) is 0 Å². The molecule has 2 aliphatic heterocycles. The van der Waals surface area contributed by atoms with Crippen LogP contribution in [0.2, 0.25) is 0 Å². The van der Waals surface area contributed by atoms with Crippen LogP contribution < -0.4 is 10.6 Å². The van der Waals surface area contributed by atoms with Gasteiger partial charge < -0.3 is 10.6 Å². The maximum absolute atomic E-state index is 12.7. The van der Waals surface area contributed by atoms with E-state index in [-0.39, 0.29) is 30.7 Å². The highest BCUT2D eigenvalue weighted by Crippen LogP contribution is 2.58. The largest absolute Gasteiger partial charge is 0.352 e. The van der Waals surface area contributed by atoms with E-state index in [1.54, 1.807) is 0 Å². The summed E-state index contributed by atoms with van der Waals surface area (Å²) in [5.41, 5.74) is 1.70. The van der Waals surface area contributed by atoms with Gasteiger partial charge in [0.2, 0.25) is 5.91 Å². The number of hydrogen-bond donors (Lipinski definition) is 2. The number of rotatable bonds is 4. The Kier molecular flexibility index (Phi) is 7.77. The van der Waals surface area contributed by atoms with Gasteiger partial charge in [0.05, 0.1) is 0 Å². The van der Waals surface area contributed by atoms with Crippen molar-refractivity contribution in [2.45, 2.75) is 44.7 Å². The first-order chi connectivity index (χ1) is 11.8. The fourth-order valence-corrected chi connectivity index (χ4v) is 4.66. The molecule has 146 valence electrons. The summed E-state index contributed by atoms with van der Waals surface area (Å²) in [7, 11) is 0. The number of benzene rings is 1. The van der Waals surface area contributed by atoms with Gasteiger partial charge in [-0.25, -0.2) is 0 Å². The lowest BCUT2D eigenvalue weighted by molar-refractivity contribution is -0.124. The highest BCUT2D eigenvalue weighted by atomic mass is 35.5. The molecule has 4 nitrogen and oxygen atoms in total. The Morgan fingerprint density at radius 3 is 2.65 bits per heavy atom. The van der Waals surface area contributed by atoms with E-state index in [4.69, 9.17) is 0 Å². The average Bonchev–Trinajstić information content (AvgIpc) is 3.30. The molecule has 3 fully saturated rings. The Morgan fingerprint density at radius 2 is 1.92 bits per heavy atom. The minimum atomic E-state index is 0. The van der Waals surface area contributed by atoms with E-state index in [0.29, 0.717) is 17.4 Å². The van der Waals surface area contributed by atoms with E-state index in [0.717, 1.165) is 45.6 Å². The Morgan fingerprint density at radius 1 is 1.19 bits per heavy atom. The van der Waals surface area contributed by atoms with Crippen molar-refractivity contribution in [3.05, 3.63) is 35.9 Å². The predicted molar refractivity (Wildman–Crippen MR) is 110 cm³/mol. The summed E-state index contributed by atoms with van der Waals surface area (Å²) in [5.74, 6) is 0.604. The van der Waals surface area contributed by atoms with Crippen LogP contribution in [0, 0.1) is 11.3 Å². The highest BCUT2D eigenvalue weighted by molar-refractivity contribution is 5.85. The summed E-state index contributed by atoms with van der Waals surface area (Å²) < 4.78 is 0. The summed E-state index contributed by atoms with van der Waals surface area (Å²) in [6.45, 7) is 5.28. The first-order valence-electron chi connectivity index (χ1n) is 9.53. The van der Waals surface area contributed by atoms with Crippen LogP contribution in [0.1, 0.15) is 37.7 Å². The smallest absolute Gasteiger partial charge is 0.223 e. The number of amides is 1. The van der Waals surface area contributed by atoms with Crippen LogP contribution in [0.15, 0.2) is 30.3 Å². The van der Waals surface area contributed by atoms with Gasteiger partial charge in [0.15, 0.2) is 0 Å². The second-order valence-corrected chi connectivity index (χ2v) is 7.94. The van der Waals surface area contributed by atoms with Gasteiger partial charge >= 0.3 is 0 Å². The lowest BCUT2D eigenvalue weighted by Gasteiger charge is -2.33. The molecule has 0 aromatic heterocycles. The maximum Gasteiger partial charge on any atom is 0.223 e. The van der Waals surface area contributed by atoms with Crippen LogP contribution in [-0.4, -0.2) is 43.0 Å². The van der Waals surface area contributed by atoms with Crippen molar-refractivity contribution in [1.29, 1.82) is 0 Å². The Labute approximate surface area is 169 Å². The van der Waals surface area contributed by atoms with Crippen molar-refractivity contribution in [2.75, 3.05) is 26.2 Å². The minimum absolute atomic E-state index is 0. The molecule has 2 saturated heterocycles. The van der Waals surface area contributed by atoms with E-state index in [1.807, 2.05) is 0 Å². The standard InChI is InChI=1S/C20H29N3O.2ClH/c24-19(18-13-20(18)8-10-21-11-9-20)22-17-7-4-12-23(15-17)14-16-5-2-1-3-6-16;;/h1-3,5-6,17-18,21H,4,7-15H2,(H,22,24);2*1H. The molecule has 3 aliphatic rings. The van der Waals surface area contributed by atoms with E-state index in [1.165, 1.54) is 24.8 Å². The molecule has 1 saturated carbocycles. The van der Waals surface area contributed by atoms with Crippen molar-refractivity contribution >= 4 is 30.7 Å². The lowest BCUT2D eigenvalue weighted by atomic mass is 9.91. The Bertz CT molecular complexity index is 578. The number of likely N-dealkylation sites (tertiary alicyclic amines) is 1. The number of halogens is 2. The molecule has 0 radical (unpaired) electrons. The summed E-state index contributed by atoms with van der Waals surface area (Å²) in [5, 5.41) is 6.78. The minimum Gasteiger partial charge on any atom is -0.352 e. The first-order valence-corrected chi connectivity index (χ1v) is 9.53. The summed E-state index contributed by atoms with van der Waals surface area (Å²) in [6.07, 6.45) is 5.77. The number of hydrogen-bond acceptors (Lipinski definition) is 3. The molecule has 1 aromatic carbocycles. The Balaban J connectivity index is 0.00000121. The van der Waals surface area contributed by atoms with Crippen molar-refractivity contribution < 1.29 is 4.79 Å². The molecule has 4 rings (SSSR count). The van der Waals surface area contributed by atoms with E-state index >= 15 is 0 Å². The number of carbonyl (C=O) groups is 1. The highest BCUT2D eigenvalue weighted by Gasteiger charge is 2.57. The molecule has 2 N–H and O–H groups in total. The maximum atomic E-state index is 12.7. The molecule has 1 spiro atoms. The number of nitrogens with zero attached hydrogens (tertiary/aromatic N) is 1. The monoisotopic (exact) mass is 399 g/mol. The summed E-state index contributed by atoms with van der Waals surface area (Å²) in [4.78, 5) is 15.1. The van der Waals surface area contributed by atoms with Gasteiger partial charge in [-0.15, -0.1) is 24.8 Å². The number of nitrogens with one attached hydrogen (secondary N) is 2. The van der Waals surface area contributed by atoms with Gasteiger partial charge in [-0.3, -0.25) is 9.69 Å². The second-order valence-electron chi connectivity index (χ2n) is 7.94. The third kappa shape index (κ3) is 4.92. The van der Waals surface area contributed by atoms with Crippen LogP contribution in [0.4, 0.5) is 0 Å². The van der Waals surface area contributed by atoms with Crippen LogP contribution >= 0.6 is 24.8 Å². The van der Waals surface area contributed by atoms with Crippen LogP contribution in [0.3, 0.4) is 0 Å². The van der Waals surface area contributed by atoms with Crippen LogP contribution in [-0.2, 0) is 11.3 Å². The molecule has 0 bridgehead atoms. The van der Waals surface area contributed by atoms with Crippen LogP contribution in [0.25, 0.3) is 0 Å². The predicted octanol–water partition coefficient (Wildman–Crippen LogP) is 3.00. The zero-order chi connectivity index (χ0) is 16.4. The fourth-order valence-electron chi connectivity index (χ4n) is 4.66. The third-order valence-corrected chi connectivity index (χ3v) is 6.21. The molecule has 6 heteroatoms. The third-order valence-electron chi connectivity index (χ3n) is 6.21. The van der Waals surface area contributed by atoms with Crippen molar-refractivity contribution in [2.24, 2.45) is 11.3 Å².